The lowest BCUT2D eigenvalue weighted by Crippen LogP contribution is -2.54. The molecule has 0 saturated heterocycles. The Morgan fingerprint density at radius 3 is 2.13 bits per heavy atom. The molecular weight excluding hydrogens is 629 g/mol. The van der Waals surface area contributed by atoms with Gasteiger partial charge in [0.15, 0.2) is 0 Å². The Labute approximate surface area is 275 Å². The average molecular weight is 667 g/mol. The van der Waals surface area contributed by atoms with E-state index in [1.54, 1.807) is 61.5 Å². The van der Waals surface area contributed by atoms with Gasteiger partial charge in [0, 0.05) is 29.1 Å². The summed E-state index contributed by atoms with van der Waals surface area (Å²) in [5, 5.41) is 3.77. The Bertz CT molecular complexity index is 1720. The zero-order valence-electron chi connectivity index (χ0n) is 25.5. The second-order valence-electron chi connectivity index (χ2n) is 10.9. The summed E-state index contributed by atoms with van der Waals surface area (Å²) in [6.45, 7) is 5.02. The van der Waals surface area contributed by atoms with Gasteiger partial charge in [0.05, 0.1) is 10.6 Å². The minimum absolute atomic E-state index is 0.0162. The molecule has 0 fully saturated rings. The Morgan fingerprint density at radius 1 is 0.867 bits per heavy atom. The van der Waals surface area contributed by atoms with Crippen LogP contribution >= 0.6 is 23.2 Å². The van der Waals surface area contributed by atoms with Crippen molar-refractivity contribution in [3.8, 4) is 0 Å². The Hall–Kier alpha value is -3.85. The molecule has 0 aliphatic heterocycles. The lowest BCUT2D eigenvalue weighted by molar-refractivity contribution is -0.140. The van der Waals surface area contributed by atoms with Gasteiger partial charge in [0.2, 0.25) is 11.8 Å². The van der Waals surface area contributed by atoms with Crippen LogP contribution < -0.4 is 9.62 Å². The van der Waals surface area contributed by atoms with Crippen LogP contribution in [0.3, 0.4) is 0 Å². The fraction of sp³-hybridized carbons (Fsp3) is 0.257. The SMILES string of the molecule is CC[C@H](C)NC(=O)[C@@H](Cc1ccccc1)N(Cc1ccccc1Cl)C(=O)CN(c1cc(Cl)ccc1C)S(=O)(=O)c1ccccc1. The predicted molar refractivity (Wildman–Crippen MR) is 181 cm³/mol. The van der Waals surface area contributed by atoms with Crippen LogP contribution in [0.4, 0.5) is 5.69 Å². The maximum Gasteiger partial charge on any atom is 0.264 e. The number of amides is 2. The zero-order valence-corrected chi connectivity index (χ0v) is 27.8. The second-order valence-corrected chi connectivity index (χ2v) is 13.6. The maximum atomic E-state index is 14.6. The van der Waals surface area contributed by atoms with E-state index in [0.29, 0.717) is 27.6 Å². The molecule has 2 amide bonds. The fourth-order valence-corrected chi connectivity index (χ4v) is 6.74. The summed E-state index contributed by atoms with van der Waals surface area (Å²) >= 11 is 12.9. The van der Waals surface area contributed by atoms with Gasteiger partial charge in [-0.05, 0) is 67.3 Å². The molecular formula is C35H37Cl2N3O4S. The van der Waals surface area contributed by atoms with Crippen molar-refractivity contribution in [2.45, 2.75) is 57.1 Å². The fourth-order valence-electron chi connectivity index (χ4n) is 4.89. The number of hydrogen-bond acceptors (Lipinski definition) is 4. The number of rotatable bonds is 13. The highest BCUT2D eigenvalue weighted by atomic mass is 35.5. The molecule has 0 aliphatic rings. The van der Waals surface area contributed by atoms with E-state index in [9.17, 15) is 18.0 Å². The molecule has 45 heavy (non-hydrogen) atoms. The number of benzene rings is 4. The molecule has 0 spiro atoms. The van der Waals surface area contributed by atoms with Crippen molar-refractivity contribution in [1.29, 1.82) is 0 Å². The zero-order chi connectivity index (χ0) is 32.6. The van der Waals surface area contributed by atoms with Gasteiger partial charge >= 0.3 is 0 Å². The Balaban J connectivity index is 1.84. The van der Waals surface area contributed by atoms with Crippen molar-refractivity contribution < 1.29 is 18.0 Å². The molecule has 0 saturated carbocycles. The van der Waals surface area contributed by atoms with Crippen LogP contribution in [0.15, 0.2) is 108 Å². The molecule has 10 heteroatoms. The first-order valence-corrected chi connectivity index (χ1v) is 16.9. The number of sulfonamides is 1. The van der Waals surface area contributed by atoms with E-state index >= 15 is 0 Å². The number of carbonyl (C=O) groups excluding carboxylic acids is 2. The number of halogens is 2. The van der Waals surface area contributed by atoms with Crippen molar-refractivity contribution in [1.82, 2.24) is 10.2 Å². The smallest absolute Gasteiger partial charge is 0.264 e. The van der Waals surface area contributed by atoms with Crippen LogP contribution in [0.2, 0.25) is 10.0 Å². The van der Waals surface area contributed by atoms with Crippen LogP contribution in [0.1, 0.15) is 37.0 Å². The molecule has 236 valence electrons. The molecule has 4 rings (SSSR count). The Morgan fingerprint density at radius 2 is 1.49 bits per heavy atom. The van der Waals surface area contributed by atoms with Gasteiger partial charge in [-0.15, -0.1) is 0 Å². The molecule has 0 unspecified atom stereocenters. The van der Waals surface area contributed by atoms with E-state index in [4.69, 9.17) is 23.2 Å². The van der Waals surface area contributed by atoms with Crippen LogP contribution in [-0.4, -0.2) is 43.8 Å². The van der Waals surface area contributed by atoms with E-state index in [1.165, 1.54) is 23.1 Å². The summed E-state index contributed by atoms with van der Waals surface area (Å²) in [6, 6.07) is 28.2. The molecule has 4 aromatic carbocycles. The van der Waals surface area contributed by atoms with Crippen molar-refractivity contribution >= 4 is 50.7 Å². The molecule has 0 bridgehead atoms. The van der Waals surface area contributed by atoms with Crippen LogP contribution in [-0.2, 0) is 32.6 Å². The third-order valence-electron chi connectivity index (χ3n) is 7.62. The monoisotopic (exact) mass is 665 g/mol. The highest BCUT2D eigenvalue weighted by Crippen LogP contribution is 2.30. The van der Waals surface area contributed by atoms with Gasteiger partial charge in [-0.3, -0.25) is 13.9 Å². The number of aryl methyl sites for hydroxylation is 1. The second kappa shape index (κ2) is 15.4. The molecule has 2 atom stereocenters. The van der Waals surface area contributed by atoms with Gasteiger partial charge < -0.3 is 10.2 Å². The van der Waals surface area contributed by atoms with Crippen LogP contribution in [0.5, 0.6) is 0 Å². The summed E-state index contributed by atoms with van der Waals surface area (Å²) in [7, 11) is -4.23. The van der Waals surface area contributed by atoms with Gasteiger partial charge in [0.25, 0.3) is 10.0 Å². The van der Waals surface area contributed by atoms with Gasteiger partial charge in [0.1, 0.15) is 12.6 Å². The average Bonchev–Trinajstić information content (AvgIpc) is 3.04. The largest absolute Gasteiger partial charge is 0.352 e. The van der Waals surface area contributed by atoms with E-state index < -0.39 is 28.5 Å². The normalized spacial score (nSPS) is 12.6. The van der Waals surface area contributed by atoms with Crippen LogP contribution in [0, 0.1) is 6.92 Å². The third kappa shape index (κ3) is 8.66. The summed E-state index contributed by atoms with van der Waals surface area (Å²) in [5.74, 6) is -0.918. The highest BCUT2D eigenvalue weighted by molar-refractivity contribution is 7.92. The lowest BCUT2D eigenvalue weighted by Gasteiger charge is -2.34. The number of nitrogens with one attached hydrogen (secondary N) is 1. The summed E-state index contributed by atoms with van der Waals surface area (Å²) in [6.07, 6.45) is 0.903. The van der Waals surface area contributed by atoms with Gasteiger partial charge in [-0.25, -0.2) is 8.42 Å². The number of carbonyl (C=O) groups is 2. The molecule has 0 aromatic heterocycles. The van der Waals surface area contributed by atoms with E-state index in [1.807, 2.05) is 44.2 Å². The lowest BCUT2D eigenvalue weighted by atomic mass is 10.0. The highest BCUT2D eigenvalue weighted by Gasteiger charge is 2.35. The number of nitrogens with zero attached hydrogens (tertiary/aromatic N) is 2. The van der Waals surface area contributed by atoms with Gasteiger partial charge in [-0.2, -0.15) is 0 Å². The minimum Gasteiger partial charge on any atom is -0.352 e. The first-order chi connectivity index (χ1) is 21.5. The molecule has 0 heterocycles. The first-order valence-electron chi connectivity index (χ1n) is 14.7. The van der Waals surface area contributed by atoms with Crippen molar-refractivity contribution in [3.05, 3.63) is 130 Å². The maximum absolute atomic E-state index is 14.6. The van der Waals surface area contributed by atoms with E-state index in [2.05, 4.69) is 5.32 Å². The van der Waals surface area contributed by atoms with Crippen molar-refractivity contribution in [2.24, 2.45) is 0 Å². The predicted octanol–water partition coefficient (Wildman–Crippen LogP) is 7.05. The molecule has 4 aromatic rings. The van der Waals surface area contributed by atoms with E-state index in [0.717, 1.165) is 9.87 Å². The van der Waals surface area contributed by atoms with Crippen LogP contribution in [0.25, 0.3) is 0 Å². The Kier molecular flexibility index (Phi) is 11.7. The molecule has 0 aliphatic carbocycles. The number of anilines is 1. The summed E-state index contributed by atoms with van der Waals surface area (Å²) in [5.41, 5.74) is 2.34. The quantitative estimate of drug-likeness (QED) is 0.166. The number of hydrogen-bond donors (Lipinski definition) is 1. The van der Waals surface area contributed by atoms with Crippen molar-refractivity contribution in [2.75, 3.05) is 10.8 Å². The minimum atomic E-state index is -4.23. The summed E-state index contributed by atoms with van der Waals surface area (Å²) in [4.78, 5) is 29.9. The topological polar surface area (TPSA) is 86.8 Å². The van der Waals surface area contributed by atoms with Crippen molar-refractivity contribution in [3.63, 3.8) is 0 Å². The molecule has 1 N–H and O–H groups in total. The molecule has 7 nitrogen and oxygen atoms in total. The first kappa shape index (κ1) is 34.0. The summed E-state index contributed by atoms with van der Waals surface area (Å²) < 4.78 is 29.4. The third-order valence-corrected chi connectivity index (χ3v) is 10.00. The van der Waals surface area contributed by atoms with E-state index in [-0.39, 0.29) is 35.5 Å². The standard InChI is InChI=1S/C35H37Cl2N3O4S/c1-4-26(3)38-35(42)33(21-27-13-7-5-8-14-27)39(23-28-15-11-12-18-31(28)37)34(41)24-40(32-22-29(36)20-19-25(32)2)45(43,44)30-16-9-6-10-17-30/h5-20,22,26,33H,4,21,23-24H2,1-3H3,(H,38,42)/t26-,33+/m0/s1. The molecule has 0 radical (unpaired) electrons. The van der Waals surface area contributed by atoms with Gasteiger partial charge in [-0.1, -0.05) is 103 Å².